The van der Waals surface area contributed by atoms with Crippen molar-refractivity contribution in [2.75, 3.05) is 19.6 Å². The van der Waals surface area contributed by atoms with Gasteiger partial charge in [-0.3, -0.25) is 4.79 Å². The third kappa shape index (κ3) is 1.38. The summed E-state index contributed by atoms with van der Waals surface area (Å²) in [6.45, 7) is 1.99. The van der Waals surface area contributed by atoms with Crippen molar-refractivity contribution in [3.05, 3.63) is 0 Å². The molecule has 0 spiro atoms. The minimum atomic E-state index is 0.0613. The van der Waals surface area contributed by atoms with Crippen LogP contribution in [0.15, 0.2) is 0 Å². The second-order valence-electron chi connectivity index (χ2n) is 1.74. The van der Waals surface area contributed by atoms with Gasteiger partial charge in [0.1, 0.15) is 0 Å². The Morgan fingerprint density at radius 2 is 2.50 bits per heavy atom. The van der Waals surface area contributed by atoms with Crippen molar-refractivity contribution in [1.29, 1.82) is 0 Å². The third-order valence-electron chi connectivity index (χ3n) is 1.02. The van der Waals surface area contributed by atoms with Crippen LogP contribution in [-0.2, 0) is 4.79 Å². The van der Waals surface area contributed by atoms with E-state index in [0.29, 0.717) is 6.54 Å². The molecule has 4 heteroatoms. The zero-order valence-corrected chi connectivity index (χ0v) is 5.32. The first-order valence-corrected chi connectivity index (χ1v) is 2.89. The molecule has 1 N–H and O–H groups in total. The molecule has 0 radical (unpaired) electrons. The average Bonchev–Trinajstić information content (AvgIpc) is 1.64. The monoisotopic (exact) mass is 132 g/mol. The van der Waals surface area contributed by atoms with Crippen LogP contribution < -0.4 is 5.32 Å². The molecule has 1 saturated heterocycles. The Bertz CT molecular complexity index is 106. The summed E-state index contributed by atoms with van der Waals surface area (Å²) in [6, 6.07) is 0. The molecule has 1 fully saturated rings. The number of thiol groups is 1. The van der Waals surface area contributed by atoms with Crippen LogP contribution in [-0.4, -0.2) is 29.8 Å². The second kappa shape index (κ2) is 2.37. The molecule has 0 aliphatic carbocycles. The molecule has 0 aromatic heterocycles. The summed E-state index contributed by atoms with van der Waals surface area (Å²) in [4.78, 5) is 10.5. The van der Waals surface area contributed by atoms with Crippen LogP contribution in [0, 0.1) is 0 Å². The Morgan fingerprint density at radius 1 is 1.75 bits per heavy atom. The fraction of sp³-hybridized carbons (Fsp3) is 0.750. The number of piperazine rings is 1. The largest absolute Gasteiger partial charge is 0.354 e. The second-order valence-corrected chi connectivity index (χ2v) is 2.30. The lowest BCUT2D eigenvalue weighted by atomic mass is 10.4. The number of hydrogen-bond donors (Lipinski definition) is 2. The van der Waals surface area contributed by atoms with Gasteiger partial charge < -0.3 is 5.32 Å². The SMILES string of the molecule is O=C1CN(S)CCN1. The van der Waals surface area contributed by atoms with Crippen LogP contribution in [0.3, 0.4) is 0 Å². The molecule has 1 rings (SSSR count). The Kier molecular flexibility index (Phi) is 1.75. The molecule has 1 aliphatic rings. The molecule has 46 valence electrons. The van der Waals surface area contributed by atoms with Crippen molar-refractivity contribution >= 4 is 18.7 Å². The molecular formula is C4H8N2OS. The van der Waals surface area contributed by atoms with Crippen LogP contribution in [0.25, 0.3) is 0 Å². The summed E-state index contributed by atoms with van der Waals surface area (Å²) in [5.74, 6) is 0.0613. The highest BCUT2D eigenvalue weighted by atomic mass is 32.1. The maximum atomic E-state index is 10.5. The van der Waals surface area contributed by atoms with E-state index in [9.17, 15) is 4.79 Å². The maximum Gasteiger partial charge on any atom is 0.235 e. The van der Waals surface area contributed by atoms with Gasteiger partial charge in [0.15, 0.2) is 0 Å². The molecule has 1 aliphatic heterocycles. The first-order chi connectivity index (χ1) is 3.79. The van der Waals surface area contributed by atoms with Crippen LogP contribution in [0.5, 0.6) is 0 Å². The number of amides is 1. The van der Waals surface area contributed by atoms with Gasteiger partial charge in [0.05, 0.1) is 6.54 Å². The highest BCUT2D eigenvalue weighted by Crippen LogP contribution is 1.94. The number of nitrogens with one attached hydrogen (secondary N) is 1. The summed E-state index contributed by atoms with van der Waals surface area (Å²) < 4.78 is 1.69. The van der Waals surface area contributed by atoms with E-state index >= 15 is 0 Å². The number of carbonyl (C=O) groups is 1. The van der Waals surface area contributed by atoms with E-state index in [1.54, 1.807) is 4.31 Å². The fourth-order valence-electron chi connectivity index (χ4n) is 0.625. The third-order valence-corrected chi connectivity index (χ3v) is 1.36. The van der Waals surface area contributed by atoms with Crippen LogP contribution >= 0.6 is 12.8 Å². The highest BCUT2D eigenvalue weighted by Gasteiger charge is 2.11. The smallest absolute Gasteiger partial charge is 0.235 e. The van der Waals surface area contributed by atoms with E-state index in [1.165, 1.54) is 0 Å². The van der Waals surface area contributed by atoms with Crippen molar-refractivity contribution in [2.45, 2.75) is 0 Å². The van der Waals surface area contributed by atoms with Gasteiger partial charge in [0, 0.05) is 13.1 Å². The number of rotatable bonds is 0. The standard InChI is InChI=1S/C4H8N2OS/c7-4-3-6(8)2-1-5-4/h8H,1-3H2,(H,5,7). The van der Waals surface area contributed by atoms with E-state index in [4.69, 9.17) is 0 Å². The fourth-order valence-corrected chi connectivity index (χ4v) is 0.854. The number of hydrogen-bond acceptors (Lipinski definition) is 3. The zero-order valence-electron chi connectivity index (χ0n) is 4.42. The Labute approximate surface area is 53.6 Å². The first kappa shape index (κ1) is 5.91. The summed E-state index contributed by atoms with van der Waals surface area (Å²) >= 11 is 3.99. The lowest BCUT2D eigenvalue weighted by Crippen LogP contribution is -2.43. The normalized spacial score (nSPS) is 22.9. The minimum Gasteiger partial charge on any atom is -0.354 e. The van der Waals surface area contributed by atoms with Gasteiger partial charge in [-0.05, 0) is 0 Å². The number of carbonyl (C=O) groups excluding carboxylic acids is 1. The van der Waals surface area contributed by atoms with Crippen LogP contribution in [0.2, 0.25) is 0 Å². The topological polar surface area (TPSA) is 32.3 Å². The van der Waals surface area contributed by atoms with Crippen molar-refractivity contribution in [1.82, 2.24) is 9.62 Å². The molecular weight excluding hydrogens is 124 g/mol. The quantitative estimate of drug-likeness (QED) is 0.426. The van der Waals surface area contributed by atoms with Crippen molar-refractivity contribution in [2.24, 2.45) is 0 Å². The summed E-state index contributed by atoms with van der Waals surface area (Å²) in [5.41, 5.74) is 0. The summed E-state index contributed by atoms with van der Waals surface area (Å²) in [7, 11) is 0. The van der Waals surface area contributed by atoms with E-state index in [1.807, 2.05) is 0 Å². The lowest BCUT2D eigenvalue weighted by Gasteiger charge is -2.19. The molecule has 0 bridgehead atoms. The lowest BCUT2D eigenvalue weighted by molar-refractivity contribution is -0.122. The van der Waals surface area contributed by atoms with Crippen molar-refractivity contribution in [3.8, 4) is 0 Å². The predicted molar refractivity (Wildman–Crippen MR) is 33.6 cm³/mol. The van der Waals surface area contributed by atoms with Gasteiger partial charge in [-0.2, -0.15) is 0 Å². The van der Waals surface area contributed by atoms with Gasteiger partial charge in [-0.25, -0.2) is 4.31 Å². The molecule has 1 amide bonds. The molecule has 0 aromatic rings. The van der Waals surface area contributed by atoms with Gasteiger partial charge in [0.2, 0.25) is 5.91 Å². The molecule has 1 heterocycles. The van der Waals surface area contributed by atoms with Crippen molar-refractivity contribution in [3.63, 3.8) is 0 Å². The molecule has 8 heavy (non-hydrogen) atoms. The Hall–Kier alpha value is -0.220. The predicted octanol–water partition coefficient (Wildman–Crippen LogP) is -0.737. The van der Waals surface area contributed by atoms with E-state index in [0.717, 1.165) is 13.1 Å². The summed E-state index contributed by atoms with van der Waals surface area (Å²) in [5, 5.41) is 2.68. The molecule has 0 atom stereocenters. The minimum absolute atomic E-state index is 0.0613. The van der Waals surface area contributed by atoms with Crippen LogP contribution in [0.4, 0.5) is 0 Å². The summed E-state index contributed by atoms with van der Waals surface area (Å²) in [6.07, 6.45) is 0. The number of nitrogens with zero attached hydrogens (tertiary/aromatic N) is 1. The van der Waals surface area contributed by atoms with Crippen LogP contribution in [0.1, 0.15) is 0 Å². The Balaban J connectivity index is 2.34. The zero-order chi connectivity index (χ0) is 5.98. The first-order valence-electron chi connectivity index (χ1n) is 2.49. The van der Waals surface area contributed by atoms with Gasteiger partial charge in [0.25, 0.3) is 0 Å². The van der Waals surface area contributed by atoms with E-state index < -0.39 is 0 Å². The van der Waals surface area contributed by atoms with Gasteiger partial charge in [-0.15, -0.1) is 0 Å². The van der Waals surface area contributed by atoms with Gasteiger partial charge >= 0.3 is 0 Å². The van der Waals surface area contributed by atoms with E-state index in [-0.39, 0.29) is 5.91 Å². The average molecular weight is 132 g/mol. The van der Waals surface area contributed by atoms with E-state index in [2.05, 4.69) is 18.1 Å². The maximum absolute atomic E-state index is 10.5. The Morgan fingerprint density at radius 3 is 2.88 bits per heavy atom. The molecule has 3 nitrogen and oxygen atoms in total. The highest BCUT2D eigenvalue weighted by molar-refractivity contribution is 7.77. The molecule has 0 aromatic carbocycles. The van der Waals surface area contributed by atoms with Gasteiger partial charge in [-0.1, -0.05) is 12.8 Å². The molecule has 0 unspecified atom stereocenters. The molecule has 0 saturated carbocycles. The van der Waals surface area contributed by atoms with Crippen molar-refractivity contribution < 1.29 is 4.79 Å².